The highest BCUT2D eigenvalue weighted by molar-refractivity contribution is 5.76. The topological polar surface area (TPSA) is 97.4 Å². The van der Waals surface area contributed by atoms with E-state index in [1.54, 1.807) is 18.7 Å². The smallest absolute Gasteiger partial charge is 0.332 e. The van der Waals surface area contributed by atoms with Gasteiger partial charge in [-0.1, -0.05) is 31.2 Å². The largest absolute Gasteiger partial charge is 0.350 e. The van der Waals surface area contributed by atoms with Gasteiger partial charge in [-0.25, -0.2) is 14.3 Å². The fourth-order valence-electron chi connectivity index (χ4n) is 4.32. The molecule has 0 radical (unpaired) electrons. The molecule has 1 aliphatic rings. The lowest BCUT2D eigenvalue weighted by Crippen LogP contribution is -2.45. The van der Waals surface area contributed by atoms with E-state index in [1.807, 2.05) is 18.2 Å². The summed E-state index contributed by atoms with van der Waals surface area (Å²) in [5.41, 5.74) is 1.72. The minimum absolute atomic E-state index is 0.290. The SMILES string of the molecule is CCN1CCN(Cc2ccccc2CNC(=O)Cn2c(=O)c3c(ncn3C)n(C)c2=O)CC1. The second-order valence-electron chi connectivity index (χ2n) is 8.52. The second kappa shape index (κ2) is 9.72. The normalized spacial score (nSPS) is 15.2. The molecule has 3 heterocycles. The number of hydrogen-bond acceptors (Lipinski definition) is 6. The van der Waals surface area contributed by atoms with E-state index in [1.165, 1.54) is 16.5 Å². The van der Waals surface area contributed by atoms with Crippen molar-refractivity contribution in [3.8, 4) is 0 Å². The molecule has 0 spiro atoms. The first-order valence-corrected chi connectivity index (χ1v) is 11.3. The maximum atomic E-state index is 12.8. The molecule has 1 N–H and O–H groups in total. The van der Waals surface area contributed by atoms with Gasteiger partial charge in [-0.05, 0) is 17.7 Å². The Morgan fingerprint density at radius 2 is 1.70 bits per heavy atom. The van der Waals surface area contributed by atoms with Crippen molar-refractivity contribution in [3.05, 3.63) is 62.6 Å². The van der Waals surface area contributed by atoms with Crippen LogP contribution in [0.2, 0.25) is 0 Å². The summed E-state index contributed by atoms with van der Waals surface area (Å²) in [4.78, 5) is 47.1. The van der Waals surface area contributed by atoms with Crippen molar-refractivity contribution >= 4 is 17.1 Å². The van der Waals surface area contributed by atoms with E-state index in [0.29, 0.717) is 17.7 Å². The van der Waals surface area contributed by atoms with Gasteiger partial charge in [0.15, 0.2) is 11.2 Å². The number of carbonyl (C=O) groups excluding carboxylic acids is 1. The Morgan fingerprint density at radius 3 is 2.39 bits per heavy atom. The van der Waals surface area contributed by atoms with Gasteiger partial charge >= 0.3 is 5.69 Å². The van der Waals surface area contributed by atoms with Crippen LogP contribution in [0.3, 0.4) is 0 Å². The van der Waals surface area contributed by atoms with Gasteiger partial charge in [0, 0.05) is 53.4 Å². The summed E-state index contributed by atoms with van der Waals surface area (Å²) >= 11 is 0. The molecule has 0 saturated carbocycles. The van der Waals surface area contributed by atoms with Crippen LogP contribution in [-0.4, -0.2) is 67.1 Å². The Labute approximate surface area is 192 Å². The molecule has 1 aliphatic heterocycles. The van der Waals surface area contributed by atoms with Gasteiger partial charge in [-0.3, -0.25) is 19.1 Å². The molecule has 33 heavy (non-hydrogen) atoms. The van der Waals surface area contributed by atoms with E-state index in [4.69, 9.17) is 0 Å². The maximum Gasteiger partial charge on any atom is 0.332 e. The summed E-state index contributed by atoms with van der Waals surface area (Å²) < 4.78 is 3.80. The van der Waals surface area contributed by atoms with Crippen LogP contribution in [0.1, 0.15) is 18.1 Å². The quantitative estimate of drug-likeness (QED) is 0.536. The van der Waals surface area contributed by atoms with Crippen molar-refractivity contribution in [2.24, 2.45) is 14.1 Å². The standard InChI is InChI=1S/C23H31N7O3/c1-4-28-9-11-29(12-10-28)14-18-8-6-5-7-17(18)13-24-19(31)15-30-22(32)20-21(25-16-26(20)2)27(3)23(30)33/h5-8,16H,4,9-15H2,1-3H3,(H,24,31). The molecule has 0 unspecified atom stereocenters. The molecule has 176 valence electrons. The third-order valence-electron chi connectivity index (χ3n) is 6.40. The Hall–Kier alpha value is -3.24. The molecule has 10 heteroatoms. The second-order valence-corrected chi connectivity index (χ2v) is 8.52. The van der Waals surface area contributed by atoms with Crippen LogP contribution in [0.15, 0.2) is 40.2 Å². The van der Waals surface area contributed by atoms with Crippen LogP contribution in [-0.2, 0) is 38.5 Å². The van der Waals surface area contributed by atoms with Gasteiger partial charge in [0.05, 0.1) is 6.33 Å². The number of piperazine rings is 1. The lowest BCUT2D eigenvalue weighted by atomic mass is 10.1. The number of amides is 1. The van der Waals surface area contributed by atoms with Crippen molar-refractivity contribution in [2.75, 3.05) is 32.7 Å². The summed E-state index contributed by atoms with van der Waals surface area (Å²) in [5.74, 6) is -0.387. The first-order valence-electron chi connectivity index (χ1n) is 11.3. The number of nitrogens with zero attached hydrogens (tertiary/aromatic N) is 6. The predicted molar refractivity (Wildman–Crippen MR) is 126 cm³/mol. The lowest BCUT2D eigenvalue weighted by Gasteiger charge is -2.34. The number of imidazole rings is 1. The van der Waals surface area contributed by atoms with E-state index >= 15 is 0 Å². The highest BCUT2D eigenvalue weighted by atomic mass is 16.2. The van der Waals surface area contributed by atoms with Crippen LogP contribution in [0, 0.1) is 0 Å². The van der Waals surface area contributed by atoms with Gasteiger partial charge < -0.3 is 14.8 Å². The fourth-order valence-corrected chi connectivity index (χ4v) is 4.32. The monoisotopic (exact) mass is 453 g/mol. The fraction of sp³-hybridized carbons (Fsp3) is 0.478. The van der Waals surface area contributed by atoms with Crippen molar-refractivity contribution in [3.63, 3.8) is 0 Å². The minimum Gasteiger partial charge on any atom is -0.350 e. The highest BCUT2D eigenvalue weighted by Gasteiger charge is 2.18. The van der Waals surface area contributed by atoms with Crippen molar-refractivity contribution in [1.29, 1.82) is 0 Å². The summed E-state index contributed by atoms with van der Waals surface area (Å²) in [6, 6.07) is 8.06. The number of aromatic nitrogens is 4. The first-order chi connectivity index (χ1) is 15.9. The number of hydrogen-bond donors (Lipinski definition) is 1. The van der Waals surface area contributed by atoms with Gasteiger partial charge in [0.1, 0.15) is 6.54 Å². The Balaban J connectivity index is 1.44. The third-order valence-corrected chi connectivity index (χ3v) is 6.40. The third kappa shape index (κ3) is 4.76. The zero-order valence-electron chi connectivity index (χ0n) is 19.5. The van der Waals surface area contributed by atoms with Crippen molar-refractivity contribution in [1.82, 2.24) is 33.8 Å². The molecule has 1 amide bonds. The Bertz CT molecular complexity index is 1270. The first kappa shape index (κ1) is 22.9. The zero-order chi connectivity index (χ0) is 23.5. The molecule has 1 saturated heterocycles. The van der Waals surface area contributed by atoms with E-state index < -0.39 is 11.2 Å². The van der Waals surface area contributed by atoms with Gasteiger partial charge in [0.25, 0.3) is 5.56 Å². The van der Waals surface area contributed by atoms with E-state index in [-0.39, 0.29) is 12.5 Å². The summed E-state index contributed by atoms with van der Waals surface area (Å²) in [5, 5.41) is 2.88. The number of fused-ring (bicyclic) bond motifs is 1. The predicted octanol–water partition coefficient (Wildman–Crippen LogP) is -0.112. The molecule has 4 rings (SSSR count). The van der Waals surface area contributed by atoms with E-state index in [0.717, 1.165) is 49.4 Å². The Kier molecular flexibility index (Phi) is 6.75. The molecular weight excluding hydrogens is 422 g/mol. The maximum absolute atomic E-state index is 12.8. The highest BCUT2D eigenvalue weighted by Crippen LogP contribution is 2.13. The Morgan fingerprint density at radius 1 is 1.03 bits per heavy atom. The van der Waals surface area contributed by atoms with Crippen molar-refractivity contribution < 1.29 is 4.79 Å². The van der Waals surface area contributed by atoms with E-state index in [2.05, 4.69) is 33.1 Å². The lowest BCUT2D eigenvalue weighted by molar-refractivity contribution is -0.121. The summed E-state index contributed by atoms with van der Waals surface area (Å²) in [6.07, 6.45) is 1.48. The van der Waals surface area contributed by atoms with Crippen LogP contribution >= 0.6 is 0 Å². The number of benzene rings is 1. The molecule has 1 fully saturated rings. The number of aryl methyl sites for hydroxylation is 2. The van der Waals surface area contributed by atoms with Gasteiger partial charge in [-0.2, -0.15) is 0 Å². The molecule has 2 aromatic heterocycles. The van der Waals surface area contributed by atoms with Crippen LogP contribution in [0.25, 0.3) is 11.2 Å². The average molecular weight is 454 g/mol. The van der Waals surface area contributed by atoms with Gasteiger partial charge in [0.2, 0.25) is 5.91 Å². The number of nitrogens with one attached hydrogen (secondary N) is 1. The van der Waals surface area contributed by atoms with Crippen LogP contribution in [0.5, 0.6) is 0 Å². The molecule has 0 aliphatic carbocycles. The van der Waals surface area contributed by atoms with Crippen LogP contribution in [0.4, 0.5) is 0 Å². The molecule has 3 aromatic rings. The number of likely N-dealkylation sites (N-methyl/N-ethyl adjacent to an activating group) is 1. The molecular formula is C23H31N7O3. The van der Waals surface area contributed by atoms with Crippen LogP contribution < -0.4 is 16.6 Å². The summed E-state index contributed by atoms with van der Waals surface area (Å²) in [7, 11) is 3.23. The molecule has 1 aromatic carbocycles. The number of rotatable bonds is 7. The average Bonchev–Trinajstić information content (AvgIpc) is 3.22. The van der Waals surface area contributed by atoms with Gasteiger partial charge in [-0.15, -0.1) is 0 Å². The van der Waals surface area contributed by atoms with Crippen molar-refractivity contribution in [2.45, 2.75) is 26.6 Å². The van der Waals surface area contributed by atoms with E-state index in [9.17, 15) is 14.4 Å². The number of carbonyl (C=O) groups is 1. The molecule has 0 bridgehead atoms. The zero-order valence-corrected chi connectivity index (χ0v) is 19.5. The minimum atomic E-state index is -0.562. The molecule has 0 atom stereocenters. The summed E-state index contributed by atoms with van der Waals surface area (Å²) in [6.45, 7) is 8.29. The molecule has 10 nitrogen and oxygen atoms in total.